The lowest BCUT2D eigenvalue weighted by molar-refractivity contribution is 0.516. The molecular formula is C25H24O2S. The second-order valence-electron chi connectivity index (χ2n) is 7.24. The smallest absolute Gasteiger partial charge is 0.152 e. The van der Waals surface area contributed by atoms with Crippen molar-refractivity contribution in [1.82, 2.24) is 0 Å². The summed E-state index contributed by atoms with van der Waals surface area (Å²) in [5.74, 6) is 1.47. The van der Waals surface area contributed by atoms with Crippen LogP contribution in [0.1, 0.15) is 41.2 Å². The van der Waals surface area contributed by atoms with Crippen molar-refractivity contribution in [3.05, 3.63) is 94.5 Å². The standard InChI is InChI=1S/C25H24O2S/c1-4-7-19-11-13-20(14-12-19)27-24-22-15-10-17(2)16-23(22)28(26)25(24)21-9-6-5-8-18(21)3/h5-6,8-16H,4,7H2,1-3H3. The first-order valence-corrected chi connectivity index (χ1v) is 10.8. The first-order valence-electron chi connectivity index (χ1n) is 9.68. The quantitative estimate of drug-likeness (QED) is 0.514. The first-order chi connectivity index (χ1) is 13.6. The number of fused-ring (bicyclic) bond motifs is 1. The van der Waals surface area contributed by atoms with Crippen molar-refractivity contribution in [1.29, 1.82) is 0 Å². The zero-order valence-corrected chi connectivity index (χ0v) is 17.3. The minimum atomic E-state index is -1.26. The summed E-state index contributed by atoms with van der Waals surface area (Å²) in [5, 5.41) is 0. The van der Waals surface area contributed by atoms with E-state index >= 15 is 0 Å². The molecule has 0 saturated carbocycles. The van der Waals surface area contributed by atoms with Gasteiger partial charge in [0.15, 0.2) is 5.76 Å². The second kappa shape index (κ2) is 7.76. The molecule has 142 valence electrons. The van der Waals surface area contributed by atoms with Crippen LogP contribution in [0.15, 0.2) is 71.6 Å². The molecule has 0 bridgehead atoms. The lowest BCUT2D eigenvalue weighted by Gasteiger charge is -2.12. The first kappa shape index (κ1) is 18.7. The van der Waals surface area contributed by atoms with E-state index in [0.29, 0.717) is 5.76 Å². The van der Waals surface area contributed by atoms with Crippen molar-refractivity contribution in [3.63, 3.8) is 0 Å². The normalized spacial score (nSPS) is 15.6. The average Bonchev–Trinajstić information content (AvgIpc) is 2.95. The van der Waals surface area contributed by atoms with Gasteiger partial charge in [-0.25, -0.2) is 4.21 Å². The molecule has 0 fully saturated rings. The van der Waals surface area contributed by atoms with E-state index in [2.05, 4.69) is 19.1 Å². The summed E-state index contributed by atoms with van der Waals surface area (Å²) in [5.41, 5.74) is 5.39. The van der Waals surface area contributed by atoms with Crippen LogP contribution in [-0.4, -0.2) is 4.21 Å². The van der Waals surface area contributed by atoms with Crippen LogP contribution in [0.3, 0.4) is 0 Å². The van der Waals surface area contributed by atoms with E-state index in [0.717, 1.165) is 50.6 Å². The van der Waals surface area contributed by atoms with Gasteiger partial charge in [0.25, 0.3) is 0 Å². The lowest BCUT2D eigenvalue weighted by atomic mass is 10.0. The monoisotopic (exact) mass is 388 g/mol. The van der Waals surface area contributed by atoms with Gasteiger partial charge in [-0.2, -0.15) is 0 Å². The highest BCUT2D eigenvalue weighted by Crippen LogP contribution is 2.43. The predicted octanol–water partition coefficient (Wildman–Crippen LogP) is 6.28. The fourth-order valence-electron chi connectivity index (χ4n) is 3.57. The number of rotatable bonds is 5. The van der Waals surface area contributed by atoms with Crippen LogP contribution in [-0.2, 0) is 17.2 Å². The Bertz CT molecular complexity index is 1080. The van der Waals surface area contributed by atoms with Gasteiger partial charge >= 0.3 is 0 Å². The molecule has 3 aromatic rings. The van der Waals surface area contributed by atoms with E-state index in [9.17, 15) is 4.21 Å². The SMILES string of the molecule is CCCc1ccc(OC2=C(c3ccccc3C)S(=O)c3cc(C)ccc32)cc1. The molecule has 1 aliphatic rings. The Morgan fingerprint density at radius 3 is 2.36 bits per heavy atom. The third kappa shape index (κ3) is 3.43. The molecule has 0 spiro atoms. The predicted molar refractivity (Wildman–Crippen MR) is 117 cm³/mol. The zero-order valence-electron chi connectivity index (χ0n) is 16.5. The van der Waals surface area contributed by atoms with Crippen molar-refractivity contribution in [2.45, 2.75) is 38.5 Å². The molecule has 0 radical (unpaired) electrons. The van der Waals surface area contributed by atoms with Gasteiger partial charge in [0.05, 0.1) is 20.6 Å². The zero-order chi connectivity index (χ0) is 19.7. The van der Waals surface area contributed by atoms with E-state index in [4.69, 9.17) is 4.74 Å². The van der Waals surface area contributed by atoms with Gasteiger partial charge in [0.2, 0.25) is 0 Å². The lowest BCUT2D eigenvalue weighted by Crippen LogP contribution is -1.98. The van der Waals surface area contributed by atoms with Crippen molar-refractivity contribution in [3.8, 4) is 5.75 Å². The molecule has 2 nitrogen and oxygen atoms in total. The molecule has 0 aliphatic carbocycles. The molecule has 3 heteroatoms. The van der Waals surface area contributed by atoms with Crippen LogP contribution in [0.25, 0.3) is 10.7 Å². The van der Waals surface area contributed by atoms with Crippen LogP contribution >= 0.6 is 0 Å². The van der Waals surface area contributed by atoms with Gasteiger partial charge in [-0.05, 0) is 66.8 Å². The van der Waals surface area contributed by atoms with Crippen LogP contribution in [0.4, 0.5) is 0 Å². The maximum absolute atomic E-state index is 13.4. The highest BCUT2D eigenvalue weighted by Gasteiger charge is 2.32. The van der Waals surface area contributed by atoms with Crippen LogP contribution in [0, 0.1) is 13.8 Å². The maximum atomic E-state index is 13.4. The Morgan fingerprint density at radius 1 is 0.893 bits per heavy atom. The second-order valence-corrected chi connectivity index (χ2v) is 8.62. The Kier molecular flexibility index (Phi) is 5.19. The van der Waals surface area contributed by atoms with Gasteiger partial charge in [0.1, 0.15) is 5.75 Å². The number of aryl methyl sites for hydroxylation is 3. The average molecular weight is 389 g/mol. The highest BCUT2D eigenvalue weighted by atomic mass is 32.2. The number of benzene rings is 3. The van der Waals surface area contributed by atoms with E-state index in [1.54, 1.807) is 0 Å². The number of hydrogen-bond acceptors (Lipinski definition) is 2. The molecule has 1 unspecified atom stereocenters. The van der Waals surface area contributed by atoms with E-state index in [1.807, 2.05) is 68.4 Å². The summed E-state index contributed by atoms with van der Waals surface area (Å²) in [7, 11) is -1.26. The van der Waals surface area contributed by atoms with Crippen LogP contribution in [0.5, 0.6) is 5.75 Å². The molecular weight excluding hydrogens is 364 g/mol. The molecule has 0 N–H and O–H groups in total. The summed E-state index contributed by atoms with van der Waals surface area (Å²) in [4.78, 5) is 1.59. The van der Waals surface area contributed by atoms with Crippen molar-refractivity contribution in [2.24, 2.45) is 0 Å². The van der Waals surface area contributed by atoms with Crippen LogP contribution in [0.2, 0.25) is 0 Å². The molecule has 0 saturated heterocycles. The van der Waals surface area contributed by atoms with Crippen LogP contribution < -0.4 is 4.74 Å². The minimum absolute atomic E-state index is 0.700. The van der Waals surface area contributed by atoms with Crippen molar-refractivity contribution in [2.75, 3.05) is 0 Å². The van der Waals surface area contributed by atoms with Crippen molar-refractivity contribution < 1.29 is 8.95 Å². The molecule has 4 rings (SSSR count). The highest BCUT2D eigenvalue weighted by molar-refractivity contribution is 7.95. The molecule has 0 amide bonds. The number of hydrogen-bond donors (Lipinski definition) is 0. The summed E-state index contributed by atoms with van der Waals surface area (Å²) >= 11 is 0. The summed E-state index contributed by atoms with van der Waals surface area (Å²) in [6, 6.07) is 22.3. The van der Waals surface area contributed by atoms with Gasteiger partial charge < -0.3 is 4.74 Å². The molecule has 1 atom stereocenters. The van der Waals surface area contributed by atoms with Gasteiger partial charge in [0, 0.05) is 5.56 Å². The third-order valence-corrected chi connectivity index (χ3v) is 6.56. The molecule has 0 aromatic heterocycles. The summed E-state index contributed by atoms with van der Waals surface area (Å²) in [6.07, 6.45) is 2.18. The number of ether oxygens (including phenoxy) is 1. The topological polar surface area (TPSA) is 26.3 Å². The van der Waals surface area contributed by atoms with Crippen molar-refractivity contribution >= 4 is 21.5 Å². The Balaban J connectivity index is 1.83. The van der Waals surface area contributed by atoms with E-state index in [1.165, 1.54) is 5.56 Å². The summed E-state index contributed by atoms with van der Waals surface area (Å²) < 4.78 is 19.8. The largest absolute Gasteiger partial charge is 0.455 e. The van der Waals surface area contributed by atoms with E-state index in [-0.39, 0.29) is 0 Å². The van der Waals surface area contributed by atoms with Gasteiger partial charge in [-0.3, -0.25) is 0 Å². The molecule has 1 heterocycles. The Morgan fingerprint density at radius 2 is 1.64 bits per heavy atom. The summed E-state index contributed by atoms with van der Waals surface area (Å²) in [6.45, 7) is 6.25. The minimum Gasteiger partial charge on any atom is -0.455 e. The van der Waals surface area contributed by atoms with E-state index < -0.39 is 10.8 Å². The third-order valence-electron chi connectivity index (χ3n) is 5.04. The maximum Gasteiger partial charge on any atom is 0.152 e. The molecule has 3 aromatic carbocycles. The Hall–Kier alpha value is -2.65. The molecule has 1 aliphatic heterocycles. The van der Waals surface area contributed by atoms with Gasteiger partial charge in [-0.1, -0.05) is 55.8 Å². The Labute approximate surface area is 169 Å². The fourth-order valence-corrected chi connectivity index (χ4v) is 5.19. The molecule has 28 heavy (non-hydrogen) atoms. The fraction of sp³-hybridized carbons (Fsp3) is 0.200. The van der Waals surface area contributed by atoms with Gasteiger partial charge in [-0.15, -0.1) is 0 Å².